The average molecular weight is 430 g/mol. The molecule has 0 spiro atoms. The van der Waals surface area contributed by atoms with E-state index in [2.05, 4.69) is 17.2 Å². The van der Waals surface area contributed by atoms with Gasteiger partial charge in [0.15, 0.2) is 5.78 Å². The molecule has 1 N–H and O–H groups in total. The van der Waals surface area contributed by atoms with Gasteiger partial charge in [-0.3, -0.25) is 14.6 Å². The third kappa shape index (κ3) is 6.64. The average Bonchev–Trinajstić information content (AvgIpc) is 2.78. The van der Waals surface area contributed by atoms with E-state index in [1.165, 1.54) is 24.8 Å². The highest BCUT2D eigenvalue weighted by Crippen LogP contribution is 2.23. The number of amides is 1. The second-order valence-corrected chi connectivity index (χ2v) is 7.67. The van der Waals surface area contributed by atoms with Crippen molar-refractivity contribution in [2.45, 2.75) is 51.5 Å². The summed E-state index contributed by atoms with van der Waals surface area (Å²) in [4.78, 5) is 31.5. The number of pyridine rings is 1. The zero-order chi connectivity index (χ0) is 20.5. The number of hydrogen-bond donors (Lipinski definition) is 1. The van der Waals surface area contributed by atoms with Gasteiger partial charge in [0.2, 0.25) is 5.91 Å². The van der Waals surface area contributed by atoms with E-state index >= 15 is 0 Å². The first kappa shape index (κ1) is 24.0. The lowest BCUT2D eigenvalue weighted by Crippen LogP contribution is -2.48. The number of nitrogens with one attached hydrogen (secondary N) is 1. The molecule has 1 unspecified atom stereocenters. The molecule has 0 saturated carbocycles. The van der Waals surface area contributed by atoms with Crippen molar-refractivity contribution in [2.24, 2.45) is 0 Å². The van der Waals surface area contributed by atoms with Gasteiger partial charge in [0.25, 0.3) is 0 Å². The SMILES string of the molecule is CCCCCc1ccc(C(=O)CCC(=O)N2CCNCC2c2cccnc2)cc1.Cl. The summed E-state index contributed by atoms with van der Waals surface area (Å²) in [6.07, 6.45) is 8.71. The summed E-state index contributed by atoms with van der Waals surface area (Å²) >= 11 is 0. The van der Waals surface area contributed by atoms with E-state index in [-0.39, 0.29) is 43.0 Å². The van der Waals surface area contributed by atoms with Crippen LogP contribution in [0, 0.1) is 0 Å². The summed E-state index contributed by atoms with van der Waals surface area (Å²) in [5, 5.41) is 3.34. The number of rotatable bonds is 9. The zero-order valence-electron chi connectivity index (χ0n) is 17.7. The highest BCUT2D eigenvalue weighted by Gasteiger charge is 2.28. The normalized spacial score (nSPS) is 16.0. The molecule has 1 aromatic carbocycles. The van der Waals surface area contributed by atoms with Crippen molar-refractivity contribution in [1.82, 2.24) is 15.2 Å². The first-order valence-corrected chi connectivity index (χ1v) is 10.7. The first-order valence-electron chi connectivity index (χ1n) is 10.7. The van der Waals surface area contributed by atoms with Crippen molar-refractivity contribution in [2.75, 3.05) is 19.6 Å². The van der Waals surface area contributed by atoms with Crippen molar-refractivity contribution in [3.8, 4) is 0 Å². The third-order valence-electron chi connectivity index (χ3n) is 5.54. The zero-order valence-corrected chi connectivity index (χ0v) is 18.5. The molecule has 0 radical (unpaired) electrons. The van der Waals surface area contributed by atoms with Crippen molar-refractivity contribution < 1.29 is 9.59 Å². The fourth-order valence-electron chi connectivity index (χ4n) is 3.82. The molecule has 6 heteroatoms. The number of aromatic nitrogens is 1. The van der Waals surface area contributed by atoms with Gasteiger partial charge in [-0.05, 0) is 30.0 Å². The molecule has 5 nitrogen and oxygen atoms in total. The van der Waals surface area contributed by atoms with E-state index in [1.807, 2.05) is 47.5 Å². The Morgan fingerprint density at radius 3 is 2.63 bits per heavy atom. The van der Waals surface area contributed by atoms with Crippen molar-refractivity contribution in [3.63, 3.8) is 0 Å². The van der Waals surface area contributed by atoms with Crippen molar-refractivity contribution in [3.05, 3.63) is 65.5 Å². The Balaban J connectivity index is 0.00000320. The Morgan fingerprint density at radius 1 is 1.13 bits per heavy atom. The van der Waals surface area contributed by atoms with E-state index < -0.39 is 0 Å². The van der Waals surface area contributed by atoms with Gasteiger partial charge in [-0.1, -0.05) is 50.1 Å². The van der Waals surface area contributed by atoms with Crippen LogP contribution in [0.2, 0.25) is 0 Å². The van der Waals surface area contributed by atoms with Crippen LogP contribution in [0.3, 0.4) is 0 Å². The van der Waals surface area contributed by atoms with Crippen LogP contribution in [0.5, 0.6) is 0 Å². The monoisotopic (exact) mass is 429 g/mol. The molecule has 0 aliphatic carbocycles. The lowest BCUT2D eigenvalue weighted by atomic mass is 10.0. The molecule has 2 aromatic rings. The van der Waals surface area contributed by atoms with E-state index in [1.54, 1.807) is 6.20 Å². The van der Waals surface area contributed by atoms with Gasteiger partial charge >= 0.3 is 0 Å². The van der Waals surface area contributed by atoms with E-state index in [4.69, 9.17) is 0 Å². The second kappa shape index (κ2) is 12.5. The molecule has 1 aliphatic heterocycles. The first-order chi connectivity index (χ1) is 14.2. The summed E-state index contributed by atoms with van der Waals surface area (Å²) in [5.74, 6) is 0.0661. The Labute approximate surface area is 185 Å². The number of hydrogen-bond acceptors (Lipinski definition) is 4. The summed E-state index contributed by atoms with van der Waals surface area (Å²) in [5.41, 5.74) is 2.99. The molecule has 3 rings (SSSR count). The number of ketones is 1. The number of aryl methyl sites for hydroxylation is 1. The third-order valence-corrected chi connectivity index (χ3v) is 5.54. The lowest BCUT2D eigenvalue weighted by Gasteiger charge is -2.36. The predicted octanol–water partition coefficient (Wildman–Crippen LogP) is 4.37. The number of unbranched alkanes of at least 4 members (excludes halogenated alkanes) is 2. The number of carbonyl (C=O) groups excluding carboxylic acids is 2. The largest absolute Gasteiger partial charge is 0.333 e. The van der Waals surface area contributed by atoms with Crippen LogP contribution in [-0.2, 0) is 11.2 Å². The van der Waals surface area contributed by atoms with Gasteiger partial charge in [-0.25, -0.2) is 0 Å². The summed E-state index contributed by atoms with van der Waals surface area (Å²) in [7, 11) is 0. The molecule has 30 heavy (non-hydrogen) atoms. The molecule has 2 heterocycles. The molecular weight excluding hydrogens is 398 g/mol. The fourth-order valence-corrected chi connectivity index (χ4v) is 3.82. The van der Waals surface area contributed by atoms with Gasteiger partial charge < -0.3 is 10.2 Å². The molecule has 0 bridgehead atoms. The van der Waals surface area contributed by atoms with E-state index in [0.29, 0.717) is 18.7 Å². The quantitative estimate of drug-likeness (QED) is 0.474. The van der Waals surface area contributed by atoms with Crippen LogP contribution in [0.4, 0.5) is 0 Å². The number of halogens is 1. The van der Waals surface area contributed by atoms with Crippen LogP contribution < -0.4 is 5.32 Å². The van der Waals surface area contributed by atoms with Crippen LogP contribution in [0.15, 0.2) is 48.8 Å². The van der Waals surface area contributed by atoms with Gasteiger partial charge in [0.05, 0.1) is 6.04 Å². The van der Waals surface area contributed by atoms with E-state index in [9.17, 15) is 9.59 Å². The van der Waals surface area contributed by atoms with Crippen LogP contribution in [-0.4, -0.2) is 41.2 Å². The molecule has 162 valence electrons. The van der Waals surface area contributed by atoms with Gasteiger partial charge in [0, 0.05) is 50.4 Å². The minimum absolute atomic E-state index is 0. The summed E-state index contributed by atoms with van der Waals surface area (Å²) in [6, 6.07) is 11.7. The Hall–Kier alpha value is -2.24. The van der Waals surface area contributed by atoms with Gasteiger partial charge in [-0.15, -0.1) is 12.4 Å². The van der Waals surface area contributed by atoms with Crippen LogP contribution >= 0.6 is 12.4 Å². The standard InChI is InChI=1S/C24H31N3O2.ClH/c1-2-3-4-6-19-8-10-20(11-9-19)23(28)12-13-24(29)27-16-15-26-18-22(27)21-7-5-14-25-17-21;/h5,7-11,14,17,22,26H,2-4,6,12-13,15-16,18H2,1H3;1H. The molecule has 1 aliphatic rings. The van der Waals surface area contributed by atoms with Crippen LogP contribution in [0.25, 0.3) is 0 Å². The lowest BCUT2D eigenvalue weighted by molar-refractivity contribution is -0.134. The molecule has 1 amide bonds. The van der Waals surface area contributed by atoms with Crippen molar-refractivity contribution in [1.29, 1.82) is 0 Å². The number of nitrogens with zero attached hydrogens (tertiary/aromatic N) is 2. The van der Waals surface area contributed by atoms with Crippen LogP contribution in [0.1, 0.15) is 66.6 Å². The predicted molar refractivity (Wildman–Crippen MR) is 122 cm³/mol. The summed E-state index contributed by atoms with van der Waals surface area (Å²) < 4.78 is 0. The van der Waals surface area contributed by atoms with Gasteiger partial charge in [0.1, 0.15) is 0 Å². The highest BCUT2D eigenvalue weighted by atomic mass is 35.5. The Kier molecular flexibility index (Phi) is 9.98. The van der Waals surface area contributed by atoms with Crippen molar-refractivity contribution >= 4 is 24.1 Å². The topological polar surface area (TPSA) is 62.3 Å². The molecule has 1 aromatic heterocycles. The second-order valence-electron chi connectivity index (χ2n) is 7.67. The molecule has 1 fully saturated rings. The Morgan fingerprint density at radius 2 is 1.93 bits per heavy atom. The minimum atomic E-state index is -0.0255. The highest BCUT2D eigenvalue weighted by molar-refractivity contribution is 5.98. The minimum Gasteiger partial charge on any atom is -0.333 e. The molecule has 1 saturated heterocycles. The maximum atomic E-state index is 12.8. The fraction of sp³-hybridized carbons (Fsp3) is 0.458. The number of carbonyl (C=O) groups is 2. The maximum absolute atomic E-state index is 12.8. The molecular formula is C24H32ClN3O2. The number of piperazine rings is 1. The summed E-state index contributed by atoms with van der Waals surface area (Å²) in [6.45, 7) is 4.34. The number of Topliss-reactive ketones (excluding diaryl/α,β-unsaturated/α-hetero) is 1. The molecule has 1 atom stereocenters. The maximum Gasteiger partial charge on any atom is 0.223 e. The van der Waals surface area contributed by atoms with Gasteiger partial charge in [-0.2, -0.15) is 0 Å². The Bertz CT molecular complexity index is 796. The van der Waals surface area contributed by atoms with E-state index in [0.717, 1.165) is 18.5 Å². The smallest absolute Gasteiger partial charge is 0.223 e. The number of benzene rings is 1.